The second-order valence-corrected chi connectivity index (χ2v) is 5.44. The summed E-state index contributed by atoms with van der Waals surface area (Å²) in [6.07, 6.45) is 6.92. The highest BCUT2D eigenvalue weighted by Crippen LogP contribution is 2.41. The molecule has 0 radical (unpaired) electrons. The summed E-state index contributed by atoms with van der Waals surface area (Å²) in [5.41, 5.74) is 1.20. The second kappa shape index (κ2) is 4.69. The number of phenolic OH excluding ortho intramolecular Hbond substituents is 1. The van der Waals surface area contributed by atoms with Gasteiger partial charge in [-0.25, -0.2) is 0 Å². The number of ether oxygens (including phenoxy) is 1. The zero-order valence-corrected chi connectivity index (χ0v) is 10.1. The maximum absolute atomic E-state index is 9.27. The third kappa shape index (κ3) is 2.32. The van der Waals surface area contributed by atoms with Gasteiger partial charge < -0.3 is 9.84 Å². The molecule has 1 aromatic rings. The molecule has 0 aromatic heterocycles. The van der Waals surface area contributed by atoms with Crippen LogP contribution in [0.25, 0.3) is 0 Å². The molecule has 1 aliphatic carbocycles. The summed E-state index contributed by atoms with van der Waals surface area (Å²) in [6, 6.07) is 7.45. The first-order valence-corrected chi connectivity index (χ1v) is 6.73. The smallest absolute Gasteiger partial charge is 0.115 e. The van der Waals surface area contributed by atoms with Crippen LogP contribution < -0.4 is 0 Å². The standard InChI is InChI=1S/C15H20O2/c16-14-7-4-12(5-8-14)15-9-6-13(10-17-15)11-2-1-3-11/h4-5,7-8,11,13,15-16H,1-3,6,9-10H2. The summed E-state index contributed by atoms with van der Waals surface area (Å²) in [5, 5.41) is 9.27. The Kier molecular flexibility index (Phi) is 3.06. The fourth-order valence-corrected chi connectivity index (χ4v) is 3.01. The van der Waals surface area contributed by atoms with Crippen molar-refractivity contribution in [3.63, 3.8) is 0 Å². The molecule has 17 heavy (non-hydrogen) atoms. The molecule has 1 aliphatic heterocycles. The molecule has 2 atom stereocenters. The van der Waals surface area contributed by atoms with Crippen LogP contribution in [0.3, 0.4) is 0 Å². The number of hydrogen-bond donors (Lipinski definition) is 1. The molecule has 1 saturated heterocycles. The van der Waals surface area contributed by atoms with Crippen molar-refractivity contribution in [3.05, 3.63) is 29.8 Å². The maximum atomic E-state index is 9.27. The van der Waals surface area contributed by atoms with Crippen LogP contribution in [-0.2, 0) is 4.74 Å². The summed E-state index contributed by atoms with van der Waals surface area (Å²) in [7, 11) is 0. The summed E-state index contributed by atoms with van der Waals surface area (Å²) in [6.45, 7) is 0.927. The molecular weight excluding hydrogens is 212 g/mol. The average Bonchev–Trinajstić information content (AvgIpc) is 2.29. The van der Waals surface area contributed by atoms with Crippen molar-refractivity contribution in [2.45, 2.75) is 38.2 Å². The highest BCUT2D eigenvalue weighted by molar-refractivity contribution is 5.27. The molecule has 1 saturated carbocycles. The molecule has 2 fully saturated rings. The molecule has 3 rings (SSSR count). The van der Waals surface area contributed by atoms with Crippen LogP contribution in [0, 0.1) is 11.8 Å². The van der Waals surface area contributed by atoms with Gasteiger partial charge in [-0.2, -0.15) is 0 Å². The van der Waals surface area contributed by atoms with E-state index in [1.807, 2.05) is 12.1 Å². The van der Waals surface area contributed by atoms with Crippen molar-refractivity contribution in [3.8, 4) is 5.75 Å². The molecule has 1 aromatic carbocycles. The Balaban J connectivity index is 1.58. The second-order valence-electron chi connectivity index (χ2n) is 5.44. The Labute approximate surface area is 103 Å². The zero-order valence-electron chi connectivity index (χ0n) is 10.1. The van der Waals surface area contributed by atoms with Gasteiger partial charge in [0.1, 0.15) is 5.75 Å². The quantitative estimate of drug-likeness (QED) is 0.843. The van der Waals surface area contributed by atoms with Gasteiger partial charge in [0.25, 0.3) is 0 Å². The highest BCUT2D eigenvalue weighted by atomic mass is 16.5. The van der Waals surface area contributed by atoms with Gasteiger partial charge >= 0.3 is 0 Å². The van der Waals surface area contributed by atoms with Crippen LogP contribution in [0.15, 0.2) is 24.3 Å². The Bertz CT molecular complexity index is 359. The van der Waals surface area contributed by atoms with E-state index in [4.69, 9.17) is 4.74 Å². The summed E-state index contributed by atoms with van der Waals surface area (Å²) in [4.78, 5) is 0. The van der Waals surface area contributed by atoms with Gasteiger partial charge in [0.05, 0.1) is 12.7 Å². The van der Waals surface area contributed by atoms with Gasteiger partial charge in [-0.05, 0) is 42.4 Å². The monoisotopic (exact) mass is 232 g/mol. The topological polar surface area (TPSA) is 29.5 Å². The lowest BCUT2D eigenvalue weighted by molar-refractivity contribution is -0.0449. The lowest BCUT2D eigenvalue weighted by atomic mass is 9.73. The van der Waals surface area contributed by atoms with Crippen LogP contribution in [0.5, 0.6) is 5.75 Å². The molecule has 2 heteroatoms. The third-order valence-corrected chi connectivity index (χ3v) is 4.39. The number of rotatable bonds is 2. The first-order chi connectivity index (χ1) is 8.33. The molecule has 2 nitrogen and oxygen atoms in total. The molecular formula is C15H20O2. The number of benzene rings is 1. The summed E-state index contributed by atoms with van der Waals surface area (Å²) < 4.78 is 5.99. The van der Waals surface area contributed by atoms with E-state index in [0.29, 0.717) is 5.75 Å². The SMILES string of the molecule is Oc1ccc(C2CCC(C3CCC3)CO2)cc1. The predicted molar refractivity (Wildman–Crippen MR) is 66.9 cm³/mol. The van der Waals surface area contributed by atoms with Crippen molar-refractivity contribution >= 4 is 0 Å². The van der Waals surface area contributed by atoms with E-state index in [1.54, 1.807) is 12.1 Å². The van der Waals surface area contributed by atoms with Crippen molar-refractivity contribution in [2.24, 2.45) is 11.8 Å². The number of phenols is 1. The van der Waals surface area contributed by atoms with Crippen molar-refractivity contribution in [2.75, 3.05) is 6.61 Å². The molecule has 92 valence electrons. The molecule has 2 aliphatic rings. The maximum Gasteiger partial charge on any atom is 0.115 e. The lowest BCUT2D eigenvalue weighted by Crippen LogP contribution is -2.30. The van der Waals surface area contributed by atoms with E-state index in [-0.39, 0.29) is 6.10 Å². The Morgan fingerprint density at radius 1 is 0.941 bits per heavy atom. The van der Waals surface area contributed by atoms with E-state index in [0.717, 1.165) is 24.9 Å². The van der Waals surface area contributed by atoms with Crippen LogP contribution in [-0.4, -0.2) is 11.7 Å². The summed E-state index contributed by atoms with van der Waals surface area (Å²) >= 11 is 0. The third-order valence-electron chi connectivity index (χ3n) is 4.39. The molecule has 1 heterocycles. The van der Waals surface area contributed by atoms with Gasteiger partial charge in [0.15, 0.2) is 0 Å². The van der Waals surface area contributed by atoms with Gasteiger partial charge in [0, 0.05) is 0 Å². The first kappa shape index (κ1) is 11.1. The molecule has 0 amide bonds. The average molecular weight is 232 g/mol. The van der Waals surface area contributed by atoms with Gasteiger partial charge in [-0.1, -0.05) is 31.4 Å². The van der Waals surface area contributed by atoms with E-state index < -0.39 is 0 Å². The lowest BCUT2D eigenvalue weighted by Gasteiger charge is -2.38. The Morgan fingerprint density at radius 3 is 2.24 bits per heavy atom. The normalized spacial score (nSPS) is 29.9. The predicted octanol–water partition coefficient (Wildman–Crippen LogP) is 3.66. The Hall–Kier alpha value is -1.02. The van der Waals surface area contributed by atoms with Crippen LogP contribution in [0.4, 0.5) is 0 Å². The number of hydrogen-bond acceptors (Lipinski definition) is 2. The fourth-order valence-electron chi connectivity index (χ4n) is 3.01. The van der Waals surface area contributed by atoms with E-state index in [2.05, 4.69) is 0 Å². The fraction of sp³-hybridized carbons (Fsp3) is 0.600. The van der Waals surface area contributed by atoms with Crippen LogP contribution >= 0.6 is 0 Å². The minimum atomic E-state index is 0.243. The Morgan fingerprint density at radius 2 is 1.71 bits per heavy atom. The largest absolute Gasteiger partial charge is 0.508 e. The van der Waals surface area contributed by atoms with Crippen molar-refractivity contribution in [1.29, 1.82) is 0 Å². The van der Waals surface area contributed by atoms with E-state index in [9.17, 15) is 5.11 Å². The molecule has 1 N–H and O–H groups in total. The van der Waals surface area contributed by atoms with Crippen molar-refractivity contribution in [1.82, 2.24) is 0 Å². The number of aromatic hydroxyl groups is 1. The van der Waals surface area contributed by atoms with Crippen LogP contribution in [0.2, 0.25) is 0 Å². The summed E-state index contributed by atoms with van der Waals surface area (Å²) in [5.74, 6) is 2.07. The molecule has 0 spiro atoms. The molecule has 0 bridgehead atoms. The minimum Gasteiger partial charge on any atom is -0.508 e. The van der Waals surface area contributed by atoms with Gasteiger partial charge in [-0.3, -0.25) is 0 Å². The van der Waals surface area contributed by atoms with Gasteiger partial charge in [0.2, 0.25) is 0 Å². The highest BCUT2D eigenvalue weighted by Gasteiger charge is 2.31. The first-order valence-electron chi connectivity index (χ1n) is 6.73. The van der Waals surface area contributed by atoms with Crippen molar-refractivity contribution < 1.29 is 9.84 Å². The minimum absolute atomic E-state index is 0.243. The van der Waals surface area contributed by atoms with Crippen LogP contribution in [0.1, 0.15) is 43.8 Å². The zero-order chi connectivity index (χ0) is 11.7. The molecule has 2 unspecified atom stereocenters. The van der Waals surface area contributed by atoms with Gasteiger partial charge in [-0.15, -0.1) is 0 Å². The van der Waals surface area contributed by atoms with E-state index >= 15 is 0 Å². The van der Waals surface area contributed by atoms with E-state index in [1.165, 1.54) is 31.2 Å².